The average Bonchev–Trinajstić information content (AvgIpc) is 2.23. The number of amides is 1. The number of hydrogen-bond donors (Lipinski definition) is 2. The van der Waals surface area contributed by atoms with E-state index >= 15 is 0 Å². The lowest BCUT2D eigenvalue weighted by molar-refractivity contribution is -0.139. The highest BCUT2D eigenvalue weighted by Gasteiger charge is 2.19. The molecule has 0 heterocycles. The summed E-state index contributed by atoms with van der Waals surface area (Å²) in [4.78, 5) is 11.2. The molecule has 5 heteroatoms. The first-order valence-electron chi connectivity index (χ1n) is 6.28. The molecule has 0 aliphatic carbocycles. The number of nitrogens with two attached hydrogens (primary N) is 1. The van der Waals surface area contributed by atoms with E-state index in [0.717, 1.165) is 0 Å². The summed E-state index contributed by atoms with van der Waals surface area (Å²) in [6.07, 6.45) is 0.497. The zero-order valence-corrected chi connectivity index (χ0v) is 11.4. The Bertz CT molecular complexity index is 204. The third-order valence-corrected chi connectivity index (χ3v) is 2.42. The van der Waals surface area contributed by atoms with E-state index in [4.69, 9.17) is 15.2 Å². The van der Waals surface area contributed by atoms with Crippen LogP contribution in [0.4, 0.5) is 0 Å². The van der Waals surface area contributed by atoms with Gasteiger partial charge in [0.25, 0.3) is 0 Å². The van der Waals surface area contributed by atoms with Gasteiger partial charge in [0.15, 0.2) is 6.29 Å². The number of rotatable bonds is 10. The van der Waals surface area contributed by atoms with Crippen LogP contribution in [0.5, 0.6) is 0 Å². The van der Waals surface area contributed by atoms with Crippen LogP contribution < -0.4 is 11.1 Å². The fourth-order valence-corrected chi connectivity index (χ4v) is 1.61. The van der Waals surface area contributed by atoms with Crippen molar-refractivity contribution in [1.29, 1.82) is 0 Å². The summed E-state index contributed by atoms with van der Waals surface area (Å²) in [7, 11) is 0. The van der Waals surface area contributed by atoms with E-state index in [2.05, 4.69) is 5.32 Å². The van der Waals surface area contributed by atoms with E-state index in [1.165, 1.54) is 0 Å². The Morgan fingerprint density at radius 2 is 1.76 bits per heavy atom. The highest BCUT2D eigenvalue weighted by molar-refractivity contribution is 5.80. The largest absolute Gasteiger partial charge is 0.368 e. The van der Waals surface area contributed by atoms with E-state index in [9.17, 15) is 4.79 Å². The summed E-state index contributed by atoms with van der Waals surface area (Å²) < 4.78 is 10.8. The predicted molar refractivity (Wildman–Crippen MR) is 67.5 cm³/mol. The molecule has 0 aromatic rings. The van der Waals surface area contributed by atoms with Crippen LogP contribution in [0.15, 0.2) is 0 Å². The van der Waals surface area contributed by atoms with E-state index in [1.807, 2.05) is 27.7 Å². The zero-order valence-electron chi connectivity index (χ0n) is 11.4. The SMILES string of the molecule is CCOC(CCNC(C(N)=O)C(C)C)OCC. The van der Waals surface area contributed by atoms with Crippen molar-refractivity contribution >= 4 is 5.91 Å². The second-order valence-corrected chi connectivity index (χ2v) is 4.21. The molecule has 0 aliphatic rings. The molecule has 1 atom stereocenters. The van der Waals surface area contributed by atoms with Gasteiger partial charge in [-0.1, -0.05) is 13.8 Å². The van der Waals surface area contributed by atoms with Gasteiger partial charge in [-0.3, -0.25) is 4.79 Å². The molecule has 0 aromatic carbocycles. The van der Waals surface area contributed by atoms with Crippen molar-refractivity contribution in [1.82, 2.24) is 5.32 Å². The molecule has 0 aliphatic heterocycles. The van der Waals surface area contributed by atoms with E-state index in [-0.39, 0.29) is 24.2 Å². The Morgan fingerprint density at radius 1 is 1.24 bits per heavy atom. The second-order valence-electron chi connectivity index (χ2n) is 4.21. The highest BCUT2D eigenvalue weighted by Crippen LogP contribution is 2.03. The molecule has 0 bridgehead atoms. The van der Waals surface area contributed by atoms with Gasteiger partial charge in [0, 0.05) is 26.2 Å². The van der Waals surface area contributed by atoms with Crippen molar-refractivity contribution in [2.24, 2.45) is 11.7 Å². The van der Waals surface area contributed by atoms with E-state index in [1.54, 1.807) is 0 Å². The number of ether oxygens (including phenoxy) is 2. The van der Waals surface area contributed by atoms with E-state index < -0.39 is 0 Å². The molecular weight excluding hydrogens is 220 g/mol. The molecule has 17 heavy (non-hydrogen) atoms. The van der Waals surface area contributed by atoms with Crippen LogP contribution in [0.25, 0.3) is 0 Å². The lowest BCUT2D eigenvalue weighted by Crippen LogP contribution is -2.46. The smallest absolute Gasteiger partial charge is 0.234 e. The van der Waals surface area contributed by atoms with Crippen LogP contribution in [-0.2, 0) is 14.3 Å². The van der Waals surface area contributed by atoms with Crippen LogP contribution in [-0.4, -0.2) is 38.0 Å². The van der Waals surface area contributed by atoms with Gasteiger partial charge < -0.3 is 20.5 Å². The number of carbonyl (C=O) groups excluding carboxylic acids is 1. The molecule has 1 amide bonds. The standard InChI is InChI=1S/C12H26N2O3/c1-5-16-10(17-6-2)7-8-14-11(9(3)4)12(13)15/h9-11,14H,5-8H2,1-4H3,(H2,13,15). The van der Waals surface area contributed by atoms with Crippen molar-refractivity contribution < 1.29 is 14.3 Å². The lowest BCUT2D eigenvalue weighted by Gasteiger charge is -2.21. The van der Waals surface area contributed by atoms with Gasteiger partial charge in [-0.2, -0.15) is 0 Å². The Hall–Kier alpha value is -0.650. The van der Waals surface area contributed by atoms with Crippen LogP contribution in [0.1, 0.15) is 34.1 Å². The first-order valence-corrected chi connectivity index (χ1v) is 6.28. The first kappa shape index (κ1) is 16.4. The molecule has 0 saturated carbocycles. The fourth-order valence-electron chi connectivity index (χ4n) is 1.61. The van der Waals surface area contributed by atoms with Gasteiger partial charge in [0.2, 0.25) is 5.91 Å². The molecule has 0 rings (SSSR count). The van der Waals surface area contributed by atoms with Gasteiger partial charge in [-0.05, 0) is 19.8 Å². The molecule has 5 nitrogen and oxygen atoms in total. The van der Waals surface area contributed by atoms with Gasteiger partial charge >= 0.3 is 0 Å². The second kappa shape index (κ2) is 9.39. The Morgan fingerprint density at radius 3 is 2.12 bits per heavy atom. The maximum absolute atomic E-state index is 11.2. The zero-order chi connectivity index (χ0) is 13.3. The summed E-state index contributed by atoms with van der Waals surface area (Å²) in [5, 5.41) is 3.13. The van der Waals surface area contributed by atoms with Crippen LogP contribution in [0, 0.1) is 5.92 Å². The van der Waals surface area contributed by atoms with Crippen molar-refractivity contribution in [3.63, 3.8) is 0 Å². The maximum Gasteiger partial charge on any atom is 0.234 e. The monoisotopic (exact) mass is 246 g/mol. The first-order chi connectivity index (χ1) is 8.02. The van der Waals surface area contributed by atoms with Crippen LogP contribution >= 0.6 is 0 Å². The number of carbonyl (C=O) groups is 1. The normalized spacial score (nSPS) is 13.3. The molecule has 0 saturated heterocycles. The third kappa shape index (κ3) is 7.31. The topological polar surface area (TPSA) is 73.6 Å². The van der Waals surface area contributed by atoms with Crippen LogP contribution in [0.3, 0.4) is 0 Å². The maximum atomic E-state index is 11.2. The summed E-state index contributed by atoms with van der Waals surface area (Å²) >= 11 is 0. The quantitative estimate of drug-likeness (QED) is 0.561. The Labute approximate surface area is 104 Å². The molecular formula is C12H26N2O3. The fraction of sp³-hybridized carbons (Fsp3) is 0.917. The minimum absolute atomic E-state index is 0.185. The van der Waals surface area contributed by atoms with Crippen molar-refractivity contribution in [3.05, 3.63) is 0 Å². The number of hydrogen-bond acceptors (Lipinski definition) is 4. The summed E-state index contributed by atoms with van der Waals surface area (Å²) in [6.45, 7) is 9.67. The number of nitrogens with one attached hydrogen (secondary N) is 1. The summed E-state index contributed by atoms with van der Waals surface area (Å²) in [5.41, 5.74) is 5.31. The Balaban J connectivity index is 3.95. The highest BCUT2D eigenvalue weighted by atomic mass is 16.7. The number of primary amides is 1. The summed E-state index contributed by atoms with van der Waals surface area (Å²) in [6, 6.07) is -0.293. The minimum atomic E-state index is -0.315. The van der Waals surface area contributed by atoms with Gasteiger partial charge in [0.05, 0.1) is 6.04 Å². The van der Waals surface area contributed by atoms with Crippen LogP contribution in [0.2, 0.25) is 0 Å². The summed E-state index contributed by atoms with van der Waals surface area (Å²) in [5.74, 6) is -0.130. The molecule has 1 unspecified atom stereocenters. The molecule has 0 aromatic heterocycles. The van der Waals surface area contributed by atoms with Crippen molar-refractivity contribution in [3.8, 4) is 0 Å². The molecule has 3 N–H and O–H groups in total. The predicted octanol–water partition coefficient (Wildman–Crippen LogP) is 0.875. The van der Waals surface area contributed by atoms with Crippen molar-refractivity contribution in [2.45, 2.75) is 46.4 Å². The molecule has 0 radical (unpaired) electrons. The molecule has 0 spiro atoms. The van der Waals surface area contributed by atoms with Gasteiger partial charge in [0.1, 0.15) is 0 Å². The third-order valence-electron chi connectivity index (χ3n) is 2.42. The van der Waals surface area contributed by atoms with E-state index in [0.29, 0.717) is 26.2 Å². The Kier molecular flexibility index (Phi) is 9.03. The molecule has 102 valence electrons. The minimum Gasteiger partial charge on any atom is -0.368 e. The lowest BCUT2D eigenvalue weighted by atomic mass is 10.0. The average molecular weight is 246 g/mol. The van der Waals surface area contributed by atoms with Crippen molar-refractivity contribution in [2.75, 3.05) is 19.8 Å². The van der Waals surface area contributed by atoms with Gasteiger partial charge in [-0.15, -0.1) is 0 Å². The molecule has 0 fully saturated rings. The van der Waals surface area contributed by atoms with Gasteiger partial charge in [-0.25, -0.2) is 0 Å².